The van der Waals surface area contributed by atoms with Crippen LogP contribution >= 0.6 is 0 Å². The second kappa shape index (κ2) is 9.18. The first-order valence-corrected chi connectivity index (χ1v) is 12.4. The van der Waals surface area contributed by atoms with E-state index in [4.69, 9.17) is 4.74 Å². The molecular weight excluding hydrogens is 400 g/mol. The van der Waals surface area contributed by atoms with E-state index in [1.54, 1.807) is 0 Å². The zero-order valence-corrected chi connectivity index (χ0v) is 17.8. The lowest BCUT2D eigenvalue weighted by atomic mass is 10.0. The average molecular weight is 429 g/mol. The van der Waals surface area contributed by atoms with Gasteiger partial charge in [0, 0.05) is 18.8 Å². The fraction of sp³-hybridized carbons (Fsp3) is 0.435. The Kier molecular flexibility index (Phi) is 6.39. The first-order chi connectivity index (χ1) is 14.5. The van der Waals surface area contributed by atoms with Gasteiger partial charge in [-0.1, -0.05) is 30.3 Å². The summed E-state index contributed by atoms with van der Waals surface area (Å²) in [5.41, 5.74) is 1.56. The van der Waals surface area contributed by atoms with Crippen molar-refractivity contribution in [2.45, 2.75) is 37.8 Å². The summed E-state index contributed by atoms with van der Waals surface area (Å²) in [6, 6.07) is 16.5. The molecule has 1 unspecified atom stereocenters. The minimum absolute atomic E-state index is 0.0802. The van der Waals surface area contributed by atoms with Crippen LogP contribution in [0.3, 0.4) is 0 Å². The lowest BCUT2D eigenvalue weighted by Crippen LogP contribution is -2.46. The highest BCUT2D eigenvalue weighted by atomic mass is 32.2. The van der Waals surface area contributed by atoms with Crippen LogP contribution in [0.4, 0.5) is 5.69 Å². The van der Waals surface area contributed by atoms with Crippen molar-refractivity contribution in [1.82, 2.24) is 4.90 Å². The summed E-state index contributed by atoms with van der Waals surface area (Å²) in [6.07, 6.45) is 4.93. The minimum atomic E-state index is -3.02. The van der Waals surface area contributed by atoms with Gasteiger partial charge in [0.2, 0.25) is 5.91 Å². The Morgan fingerprint density at radius 2 is 1.60 bits per heavy atom. The Bertz CT molecular complexity index is 940. The average Bonchev–Trinajstić information content (AvgIpc) is 3.25. The first-order valence-electron chi connectivity index (χ1n) is 10.6. The van der Waals surface area contributed by atoms with E-state index in [0.29, 0.717) is 24.9 Å². The van der Waals surface area contributed by atoms with Gasteiger partial charge in [0.15, 0.2) is 9.84 Å². The predicted octanol–water partition coefficient (Wildman–Crippen LogP) is 3.42. The number of nitrogens with zero attached hydrogens (tertiary/aromatic N) is 1. The van der Waals surface area contributed by atoms with Crippen LogP contribution in [0.5, 0.6) is 5.75 Å². The number of anilines is 1. The van der Waals surface area contributed by atoms with E-state index in [-0.39, 0.29) is 17.4 Å². The Hall–Kier alpha value is -2.38. The second-order valence-corrected chi connectivity index (χ2v) is 10.3. The van der Waals surface area contributed by atoms with Crippen molar-refractivity contribution in [3.8, 4) is 5.75 Å². The van der Waals surface area contributed by atoms with Gasteiger partial charge in [0.05, 0.1) is 17.6 Å². The van der Waals surface area contributed by atoms with Gasteiger partial charge in [-0.15, -0.1) is 0 Å². The topological polar surface area (TPSA) is 75.7 Å². The van der Waals surface area contributed by atoms with E-state index >= 15 is 0 Å². The number of nitrogens with one attached hydrogen (secondary N) is 1. The number of hydrogen-bond acceptors (Lipinski definition) is 5. The lowest BCUT2D eigenvalue weighted by molar-refractivity contribution is -0.121. The molecular formula is C23H28N2O4S. The van der Waals surface area contributed by atoms with Gasteiger partial charge < -0.3 is 10.1 Å². The molecule has 7 heteroatoms. The number of amides is 1. The summed E-state index contributed by atoms with van der Waals surface area (Å²) >= 11 is 0. The number of sulfone groups is 1. The number of carbonyl (C=O) groups excluding carboxylic acids is 1. The Labute approximate surface area is 178 Å². The van der Waals surface area contributed by atoms with E-state index in [9.17, 15) is 13.2 Å². The molecule has 160 valence electrons. The third kappa shape index (κ3) is 5.21. The largest absolute Gasteiger partial charge is 0.490 e. The SMILES string of the molecule is O=C(Nc1ccc(OC2CCCC2)cc1)C(c1ccccc1)N1CCS(=O)(=O)CC1. The Balaban J connectivity index is 1.46. The molecule has 6 nitrogen and oxygen atoms in total. The van der Waals surface area contributed by atoms with E-state index in [0.717, 1.165) is 24.2 Å². The van der Waals surface area contributed by atoms with Crippen molar-refractivity contribution in [3.05, 3.63) is 60.2 Å². The quantitative estimate of drug-likeness (QED) is 0.763. The van der Waals surface area contributed by atoms with Crippen LogP contribution in [-0.4, -0.2) is 49.9 Å². The molecule has 2 aliphatic rings. The number of rotatable bonds is 6. The van der Waals surface area contributed by atoms with Crippen LogP contribution in [0.1, 0.15) is 37.3 Å². The molecule has 1 atom stereocenters. The molecule has 1 amide bonds. The normalized spacial score (nSPS) is 20.5. The Morgan fingerprint density at radius 1 is 0.967 bits per heavy atom. The molecule has 4 rings (SSSR count). The third-order valence-electron chi connectivity index (χ3n) is 5.83. The zero-order chi connectivity index (χ0) is 21.0. The maximum atomic E-state index is 13.2. The van der Waals surface area contributed by atoms with Crippen molar-refractivity contribution in [2.75, 3.05) is 29.9 Å². The molecule has 0 spiro atoms. The van der Waals surface area contributed by atoms with Gasteiger partial charge in [-0.05, 0) is 55.5 Å². The van der Waals surface area contributed by atoms with Gasteiger partial charge in [0.25, 0.3) is 0 Å². The highest BCUT2D eigenvalue weighted by molar-refractivity contribution is 7.91. The highest BCUT2D eigenvalue weighted by Crippen LogP contribution is 2.27. The van der Waals surface area contributed by atoms with Crippen molar-refractivity contribution in [3.63, 3.8) is 0 Å². The van der Waals surface area contributed by atoms with Crippen molar-refractivity contribution in [1.29, 1.82) is 0 Å². The van der Waals surface area contributed by atoms with Gasteiger partial charge in [-0.25, -0.2) is 8.42 Å². The van der Waals surface area contributed by atoms with Crippen LogP contribution in [0.15, 0.2) is 54.6 Å². The first kappa shape index (κ1) is 20.9. The number of carbonyl (C=O) groups is 1. The summed E-state index contributed by atoms with van der Waals surface area (Å²) < 4.78 is 29.7. The summed E-state index contributed by atoms with van der Waals surface area (Å²) in [7, 11) is -3.02. The summed E-state index contributed by atoms with van der Waals surface area (Å²) in [5.74, 6) is 0.818. The summed E-state index contributed by atoms with van der Waals surface area (Å²) in [6.45, 7) is 0.701. The van der Waals surface area contributed by atoms with Crippen LogP contribution in [0.2, 0.25) is 0 Å². The van der Waals surface area contributed by atoms with Gasteiger partial charge >= 0.3 is 0 Å². The molecule has 2 aromatic rings. The molecule has 1 heterocycles. The van der Waals surface area contributed by atoms with Crippen molar-refractivity contribution >= 4 is 21.4 Å². The van der Waals surface area contributed by atoms with Gasteiger partial charge in [0.1, 0.15) is 11.8 Å². The van der Waals surface area contributed by atoms with Crippen molar-refractivity contribution < 1.29 is 17.9 Å². The standard InChI is InChI=1S/C23H28N2O4S/c26-23(24-19-10-12-21(13-11-19)29-20-8-4-5-9-20)22(18-6-2-1-3-7-18)25-14-16-30(27,28)17-15-25/h1-3,6-7,10-13,20,22H,4-5,8-9,14-17H2,(H,24,26). The number of ether oxygens (including phenoxy) is 1. The highest BCUT2D eigenvalue weighted by Gasteiger charge is 2.32. The molecule has 30 heavy (non-hydrogen) atoms. The summed E-state index contributed by atoms with van der Waals surface area (Å²) in [5, 5.41) is 2.99. The maximum Gasteiger partial charge on any atom is 0.246 e. The van der Waals surface area contributed by atoms with Gasteiger partial charge in [-0.2, -0.15) is 0 Å². The predicted molar refractivity (Wildman–Crippen MR) is 117 cm³/mol. The maximum absolute atomic E-state index is 13.2. The van der Waals surface area contributed by atoms with Crippen LogP contribution in [0.25, 0.3) is 0 Å². The Morgan fingerprint density at radius 3 is 2.23 bits per heavy atom. The molecule has 1 aliphatic heterocycles. The molecule has 2 fully saturated rings. The third-order valence-corrected chi connectivity index (χ3v) is 7.44. The summed E-state index contributed by atoms with van der Waals surface area (Å²) in [4.78, 5) is 15.2. The van der Waals surface area contributed by atoms with Crippen LogP contribution in [-0.2, 0) is 14.6 Å². The number of hydrogen-bond donors (Lipinski definition) is 1. The fourth-order valence-electron chi connectivity index (χ4n) is 4.17. The molecule has 0 bridgehead atoms. The van der Waals surface area contributed by atoms with Crippen LogP contribution < -0.4 is 10.1 Å². The van der Waals surface area contributed by atoms with Crippen molar-refractivity contribution in [2.24, 2.45) is 0 Å². The number of benzene rings is 2. The minimum Gasteiger partial charge on any atom is -0.490 e. The lowest BCUT2D eigenvalue weighted by Gasteiger charge is -2.33. The van der Waals surface area contributed by atoms with E-state index in [1.165, 1.54) is 12.8 Å². The van der Waals surface area contributed by atoms with E-state index in [1.807, 2.05) is 59.5 Å². The smallest absolute Gasteiger partial charge is 0.246 e. The monoisotopic (exact) mass is 428 g/mol. The van der Waals surface area contributed by atoms with E-state index in [2.05, 4.69) is 5.32 Å². The fourth-order valence-corrected chi connectivity index (χ4v) is 5.40. The van der Waals surface area contributed by atoms with Gasteiger partial charge in [-0.3, -0.25) is 9.69 Å². The molecule has 1 N–H and O–H groups in total. The molecule has 1 aliphatic carbocycles. The molecule has 2 aromatic carbocycles. The zero-order valence-electron chi connectivity index (χ0n) is 17.0. The second-order valence-electron chi connectivity index (χ2n) is 8.04. The molecule has 0 aromatic heterocycles. The van der Waals surface area contributed by atoms with E-state index < -0.39 is 15.9 Å². The molecule has 0 radical (unpaired) electrons. The molecule has 1 saturated heterocycles. The van der Waals surface area contributed by atoms with Crippen LogP contribution in [0, 0.1) is 0 Å². The molecule has 1 saturated carbocycles.